The van der Waals surface area contributed by atoms with Gasteiger partial charge in [-0.15, -0.1) is 0 Å². The van der Waals surface area contributed by atoms with E-state index in [0.717, 1.165) is 12.3 Å². The van der Waals surface area contributed by atoms with Crippen LogP contribution in [0.25, 0.3) is 0 Å². The summed E-state index contributed by atoms with van der Waals surface area (Å²) in [6.07, 6.45) is 3.64. The van der Waals surface area contributed by atoms with Crippen molar-refractivity contribution in [1.29, 1.82) is 0 Å². The molecule has 1 unspecified atom stereocenters. The second-order valence-corrected chi connectivity index (χ2v) is 7.79. The fraction of sp³-hybridized carbons (Fsp3) is 0.684. The molecule has 2 nitrogen and oxygen atoms in total. The minimum absolute atomic E-state index is 0.228. The molecule has 0 aromatic heterocycles. The van der Waals surface area contributed by atoms with Gasteiger partial charge in [0, 0.05) is 6.04 Å². The summed E-state index contributed by atoms with van der Waals surface area (Å²) in [5.74, 6) is 1.86. The van der Waals surface area contributed by atoms with Crippen LogP contribution in [0.2, 0.25) is 0 Å². The molecule has 0 spiro atoms. The Labute approximate surface area is 129 Å². The van der Waals surface area contributed by atoms with Crippen LogP contribution in [0.3, 0.4) is 0 Å². The second kappa shape index (κ2) is 5.31. The van der Waals surface area contributed by atoms with Crippen LogP contribution in [0.1, 0.15) is 51.7 Å². The molecule has 1 aromatic rings. The van der Waals surface area contributed by atoms with Crippen molar-refractivity contribution in [3.63, 3.8) is 0 Å². The van der Waals surface area contributed by atoms with E-state index in [1.165, 1.54) is 37.1 Å². The van der Waals surface area contributed by atoms with Crippen molar-refractivity contribution in [1.82, 2.24) is 4.90 Å². The SMILES string of the molecule is CC(C)CCN1CC[C@@]2(C)c3cc(O)ccc3CC1[C@@H]2C. The van der Waals surface area contributed by atoms with Gasteiger partial charge in [-0.25, -0.2) is 0 Å². The normalized spacial score (nSPS) is 32.2. The Morgan fingerprint density at radius 1 is 1.38 bits per heavy atom. The van der Waals surface area contributed by atoms with Crippen LogP contribution in [0.5, 0.6) is 5.75 Å². The lowest BCUT2D eigenvalue weighted by atomic mass is 9.59. The highest BCUT2D eigenvalue weighted by Crippen LogP contribution is 2.49. The van der Waals surface area contributed by atoms with Gasteiger partial charge >= 0.3 is 0 Å². The Kier molecular flexibility index (Phi) is 3.77. The molecule has 3 rings (SSSR count). The van der Waals surface area contributed by atoms with Gasteiger partial charge in [-0.1, -0.05) is 33.8 Å². The van der Waals surface area contributed by atoms with Gasteiger partial charge in [0.2, 0.25) is 0 Å². The van der Waals surface area contributed by atoms with Crippen molar-refractivity contribution >= 4 is 0 Å². The van der Waals surface area contributed by atoms with E-state index < -0.39 is 0 Å². The lowest BCUT2D eigenvalue weighted by Gasteiger charge is -2.54. The first-order valence-corrected chi connectivity index (χ1v) is 8.48. The molecule has 1 aliphatic heterocycles. The number of phenolic OH excluding ortho intramolecular Hbond substituents is 1. The van der Waals surface area contributed by atoms with Crippen LogP contribution in [0, 0.1) is 11.8 Å². The number of fused-ring (bicyclic) bond motifs is 4. The highest BCUT2D eigenvalue weighted by molar-refractivity contribution is 5.44. The zero-order chi connectivity index (χ0) is 15.2. The zero-order valence-corrected chi connectivity index (χ0v) is 13.9. The van der Waals surface area contributed by atoms with E-state index in [2.05, 4.69) is 38.7 Å². The minimum Gasteiger partial charge on any atom is -0.508 e. The molecule has 3 atom stereocenters. The van der Waals surface area contributed by atoms with E-state index in [1.807, 2.05) is 12.1 Å². The van der Waals surface area contributed by atoms with E-state index in [1.54, 1.807) is 0 Å². The fourth-order valence-corrected chi connectivity index (χ4v) is 4.40. The molecule has 0 radical (unpaired) electrons. The molecule has 1 heterocycles. The first-order valence-electron chi connectivity index (χ1n) is 8.48. The summed E-state index contributed by atoms with van der Waals surface area (Å²) < 4.78 is 0. The first-order chi connectivity index (χ1) is 9.91. The molecule has 0 amide bonds. The van der Waals surface area contributed by atoms with Crippen LogP contribution < -0.4 is 0 Å². The average molecular weight is 287 g/mol. The number of aromatic hydroxyl groups is 1. The Hall–Kier alpha value is -1.02. The molecular formula is C19H29NO. The largest absolute Gasteiger partial charge is 0.508 e. The van der Waals surface area contributed by atoms with Crippen LogP contribution in [-0.2, 0) is 11.8 Å². The van der Waals surface area contributed by atoms with Gasteiger partial charge in [-0.3, -0.25) is 4.90 Å². The summed E-state index contributed by atoms with van der Waals surface area (Å²) in [5, 5.41) is 9.87. The maximum atomic E-state index is 9.87. The Balaban J connectivity index is 1.90. The van der Waals surface area contributed by atoms with Gasteiger partial charge in [-0.2, -0.15) is 0 Å². The summed E-state index contributed by atoms with van der Waals surface area (Å²) in [6, 6.07) is 6.69. The summed E-state index contributed by atoms with van der Waals surface area (Å²) >= 11 is 0. The third-order valence-corrected chi connectivity index (χ3v) is 6.10. The molecule has 0 saturated carbocycles. The number of rotatable bonds is 3. The van der Waals surface area contributed by atoms with Crippen molar-refractivity contribution in [3.8, 4) is 5.75 Å². The molecular weight excluding hydrogens is 258 g/mol. The van der Waals surface area contributed by atoms with Gasteiger partial charge in [-0.05, 0) is 72.9 Å². The van der Waals surface area contributed by atoms with Gasteiger partial charge in [0.1, 0.15) is 5.75 Å². The molecule has 2 bridgehead atoms. The number of nitrogens with zero attached hydrogens (tertiary/aromatic N) is 1. The minimum atomic E-state index is 0.228. The third-order valence-electron chi connectivity index (χ3n) is 6.10. The number of benzene rings is 1. The lowest BCUT2D eigenvalue weighted by Crippen LogP contribution is -2.58. The molecule has 1 aliphatic carbocycles. The number of hydrogen-bond donors (Lipinski definition) is 1. The number of hydrogen-bond acceptors (Lipinski definition) is 2. The van der Waals surface area contributed by atoms with Crippen LogP contribution in [0.15, 0.2) is 18.2 Å². The first kappa shape index (κ1) is 14.9. The number of piperidine rings is 1. The van der Waals surface area contributed by atoms with Crippen molar-refractivity contribution in [2.75, 3.05) is 13.1 Å². The van der Waals surface area contributed by atoms with E-state index in [-0.39, 0.29) is 5.41 Å². The maximum absolute atomic E-state index is 9.87. The van der Waals surface area contributed by atoms with Crippen molar-refractivity contribution in [3.05, 3.63) is 29.3 Å². The van der Waals surface area contributed by atoms with Crippen molar-refractivity contribution in [2.24, 2.45) is 11.8 Å². The van der Waals surface area contributed by atoms with Gasteiger partial charge < -0.3 is 5.11 Å². The fourth-order valence-electron chi connectivity index (χ4n) is 4.40. The monoisotopic (exact) mass is 287 g/mol. The van der Waals surface area contributed by atoms with Crippen molar-refractivity contribution < 1.29 is 5.11 Å². The molecule has 116 valence electrons. The molecule has 1 saturated heterocycles. The zero-order valence-electron chi connectivity index (χ0n) is 13.9. The summed E-state index contributed by atoms with van der Waals surface area (Å²) in [6.45, 7) is 11.9. The number of phenols is 1. The molecule has 21 heavy (non-hydrogen) atoms. The predicted molar refractivity (Wildman–Crippen MR) is 87.8 cm³/mol. The quantitative estimate of drug-likeness (QED) is 0.909. The van der Waals surface area contributed by atoms with E-state index in [9.17, 15) is 5.11 Å². The Bertz CT molecular complexity index is 524. The highest BCUT2D eigenvalue weighted by Gasteiger charge is 2.48. The van der Waals surface area contributed by atoms with E-state index in [0.29, 0.717) is 17.7 Å². The summed E-state index contributed by atoms with van der Waals surface area (Å²) in [4.78, 5) is 2.72. The van der Waals surface area contributed by atoms with Crippen LogP contribution in [0.4, 0.5) is 0 Å². The standard InChI is InChI=1S/C19H29NO/c1-13(2)7-9-20-10-8-19(4)14(3)18(20)11-15-5-6-16(21)12-17(15)19/h5-6,12-14,18,21H,7-11H2,1-4H3/t14-,18?,19+/m0/s1. The molecule has 2 aliphatic rings. The van der Waals surface area contributed by atoms with Crippen LogP contribution in [-0.4, -0.2) is 29.1 Å². The Morgan fingerprint density at radius 2 is 2.14 bits per heavy atom. The third kappa shape index (κ3) is 2.48. The molecule has 1 N–H and O–H groups in total. The van der Waals surface area contributed by atoms with E-state index in [4.69, 9.17) is 0 Å². The lowest BCUT2D eigenvalue weighted by molar-refractivity contribution is 0.0286. The summed E-state index contributed by atoms with van der Waals surface area (Å²) in [7, 11) is 0. The Morgan fingerprint density at radius 3 is 2.86 bits per heavy atom. The average Bonchev–Trinajstić information content (AvgIpc) is 2.43. The molecule has 1 fully saturated rings. The van der Waals surface area contributed by atoms with Crippen LogP contribution >= 0.6 is 0 Å². The van der Waals surface area contributed by atoms with E-state index >= 15 is 0 Å². The molecule has 1 aromatic carbocycles. The molecule has 2 heteroatoms. The van der Waals surface area contributed by atoms with Gasteiger partial charge in [0.05, 0.1) is 0 Å². The topological polar surface area (TPSA) is 23.5 Å². The smallest absolute Gasteiger partial charge is 0.115 e. The summed E-state index contributed by atoms with van der Waals surface area (Å²) in [5.41, 5.74) is 3.08. The predicted octanol–water partition coefficient (Wildman–Crippen LogP) is 3.96. The maximum Gasteiger partial charge on any atom is 0.115 e. The highest BCUT2D eigenvalue weighted by atomic mass is 16.3. The van der Waals surface area contributed by atoms with Gasteiger partial charge in [0.25, 0.3) is 0 Å². The van der Waals surface area contributed by atoms with Crippen molar-refractivity contribution in [2.45, 2.75) is 58.4 Å². The second-order valence-electron chi connectivity index (χ2n) is 7.79. The van der Waals surface area contributed by atoms with Gasteiger partial charge in [0.15, 0.2) is 0 Å². The number of likely N-dealkylation sites (tertiary alicyclic amines) is 1.